The van der Waals surface area contributed by atoms with Gasteiger partial charge in [-0.05, 0) is 26.8 Å². The van der Waals surface area contributed by atoms with Crippen LogP contribution in [0, 0.1) is 0 Å². The van der Waals surface area contributed by atoms with E-state index in [-0.39, 0.29) is 5.60 Å². The second-order valence-electron chi connectivity index (χ2n) is 5.37. The Morgan fingerprint density at radius 2 is 2.15 bits per heavy atom. The molecule has 1 aromatic heterocycles. The Morgan fingerprint density at radius 3 is 2.80 bits per heavy atom. The van der Waals surface area contributed by atoms with Gasteiger partial charge in [-0.3, -0.25) is 0 Å². The van der Waals surface area contributed by atoms with Crippen molar-refractivity contribution in [2.24, 2.45) is 0 Å². The van der Waals surface area contributed by atoms with E-state index >= 15 is 0 Å². The SMILES string of the molecule is CNCc1sc(C2(C)CCCO2)nc1-c1ccccc1. The quantitative estimate of drug-likeness (QED) is 0.934. The van der Waals surface area contributed by atoms with Gasteiger partial charge in [-0.25, -0.2) is 4.98 Å². The summed E-state index contributed by atoms with van der Waals surface area (Å²) in [6.45, 7) is 3.85. The molecule has 1 aromatic carbocycles. The Hall–Kier alpha value is -1.23. The molecule has 0 amide bonds. The van der Waals surface area contributed by atoms with Crippen LogP contribution in [0.15, 0.2) is 30.3 Å². The summed E-state index contributed by atoms with van der Waals surface area (Å²) < 4.78 is 5.94. The van der Waals surface area contributed by atoms with Gasteiger partial charge in [0.1, 0.15) is 10.6 Å². The van der Waals surface area contributed by atoms with Crippen LogP contribution in [0.25, 0.3) is 11.3 Å². The highest BCUT2D eigenvalue weighted by atomic mass is 32.1. The van der Waals surface area contributed by atoms with Crippen molar-refractivity contribution in [2.45, 2.75) is 31.9 Å². The first kappa shape index (κ1) is 13.7. The standard InChI is InChI=1S/C16H20N2OS/c1-16(9-6-10-19-16)15-18-14(13(20-15)11-17-2)12-7-4-3-5-8-12/h3-5,7-8,17H,6,9-11H2,1-2H3. The summed E-state index contributed by atoms with van der Waals surface area (Å²) >= 11 is 1.78. The van der Waals surface area contributed by atoms with E-state index in [1.807, 2.05) is 13.1 Å². The summed E-state index contributed by atoms with van der Waals surface area (Å²) in [5, 5.41) is 4.35. The second-order valence-corrected chi connectivity index (χ2v) is 6.45. The fraction of sp³-hybridized carbons (Fsp3) is 0.438. The molecule has 4 heteroatoms. The first-order chi connectivity index (χ1) is 9.73. The van der Waals surface area contributed by atoms with Gasteiger partial charge in [0.05, 0.1) is 5.69 Å². The van der Waals surface area contributed by atoms with Crippen LogP contribution in [0.3, 0.4) is 0 Å². The predicted molar refractivity (Wildman–Crippen MR) is 82.9 cm³/mol. The molecule has 0 radical (unpaired) electrons. The minimum Gasteiger partial charge on any atom is -0.368 e. The van der Waals surface area contributed by atoms with Gasteiger partial charge in [0.25, 0.3) is 0 Å². The predicted octanol–water partition coefficient (Wildman–Crippen LogP) is 3.56. The molecule has 1 aliphatic heterocycles. The number of aromatic nitrogens is 1. The molecule has 1 aliphatic rings. The summed E-state index contributed by atoms with van der Waals surface area (Å²) in [7, 11) is 1.97. The third-order valence-corrected chi connectivity index (χ3v) is 5.05. The molecule has 2 aromatic rings. The topological polar surface area (TPSA) is 34.1 Å². The van der Waals surface area contributed by atoms with Gasteiger partial charge in [0.15, 0.2) is 0 Å². The second kappa shape index (κ2) is 5.64. The molecule has 1 saturated heterocycles. The molecule has 0 spiro atoms. The number of hydrogen-bond donors (Lipinski definition) is 1. The van der Waals surface area contributed by atoms with Gasteiger partial charge < -0.3 is 10.1 Å². The molecule has 1 N–H and O–H groups in total. The van der Waals surface area contributed by atoms with Crippen LogP contribution >= 0.6 is 11.3 Å². The lowest BCUT2D eigenvalue weighted by molar-refractivity contribution is 0.0167. The third kappa shape index (κ3) is 2.51. The third-order valence-electron chi connectivity index (χ3n) is 3.75. The lowest BCUT2D eigenvalue weighted by atomic mass is 10.0. The van der Waals surface area contributed by atoms with Crippen molar-refractivity contribution in [3.63, 3.8) is 0 Å². The van der Waals surface area contributed by atoms with E-state index in [2.05, 4.69) is 36.5 Å². The van der Waals surface area contributed by atoms with E-state index in [0.717, 1.165) is 36.7 Å². The zero-order valence-corrected chi connectivity index (χ0v) is 12.8. The highest BCUT2D eigenvalue weighted by Gasteiger charge is 2.35. The summed E-state index contributed by atoms with van der Waals surface area (Å²) in [4.78, 5) is 6.19. The number of nitrogens with zero attached hydrogens (tertiary/aromatic N) is 1. The lowest BCUT2D eigenvalue weighted by Crippen LogP contribution is -2.19. The van der Waals surface area contributed by atoms with Crippen LogP contribution in [0.2, 0.25) is 0 Å². The number of hydrogen-bond acceptors (Lipinski definition) is 4. The molecule has 3 rings (SSSR count). The van der Waals surface area contributed by atoms with Crippen molar-refractivity contribution in [1.29, 1.82) is 0 Å². The average Bonchev–Trinajstić information content (AvgIpc) is 3.08. The molecule has 20 heavy (non-hydrogen) atoms. The molecule has 2 heterocycles. The Morgan fingerprint density at radius 1 is 1.35 bits per heavy atom. The van der Waals surface area contributed by atoms with Gasteiger partial charge in [-0.15, -0.1) is 11.3 Å². The van der Waals surface area contributed by atoms with E-state index in [1.54, 1.807) is 11.3 Å². The van der Waals surface area contributed by atoms with Crippen LogP contribution in [0.4, 0.5) is 0 Å². The number of nitrogens with one attached hydrogen (secondary N) is 1. The first-order valence-electron chi connectivity index (χ1n) is 7.07. The molecule has 1 unspecified atom stereocenters. The molecule has 1 fully saturated rings. The molecular formula is C16H20N2OS. The fourth-order valence-corrected chi connectivity index (χ4v) is 3.85. The summed E-state index contributed by atoms with van der Waals surface area (Å²) in [5.41, 5.74) is 2.08. The molecule has 0 bridgehead atoms. The Balaban J connectivity index is 2.03. The van der Waals surface area contributed by atoms with Gasteiger partial charge in [-0.1, -0.05) is 30.3 Å². The summed E-state index contributed by atoms with van der Waals surface area (Å²) in [6.07, 6.45) is 2.19. The zero-order chi connectivity index (χ0) is 14.0. The Bertz CT molecular complexity index is 573. The van der Waals surface area contributed by atoms with Crippen molar-refractivity contribution >= 4 is 11.3 Å². The number of thiazole rings is 1. The number of rotatable bonds is 4. The van der Waals surface area contributed by atoms with Crippen LogP contribution in [0.1, 0.15) is 29.7 Å². The summed E-state index contributed by atoms with van der Waals surface area (Å²) in [6, 6.07) is 10.4. The highest BCUT2D eigenvalue weighted by molar-refractivity contribution is 7.12. The molecule has 3 nitrogen and oxygen atoms in total. The molecular weight excluding hydrogens is 268 g/mol. The maximum Gasteiger partial charge on any atom is 0.125 e. The molecule has 0 saturated carbocycles. The van der Waals surface area contributed by atoms with Gasteiger partial charge in [0.2, 0.25) is 0 Å². The van der Waals surface area contributed by atoms with Crippen LogP contribution in [0.5, 0.6) is 0 Å². The lowest BCUT2D eigenvalue weighted by Gasteiger charge is -2.19. The monoisotopic (exact) mass is 288 g/mol. The maximum absolute atomic E-state index is 5.94. The van der Waals surface area contributed by atoms with Gasteiger partial charge in [0, 0.05) is 23.6 Å². The minimum absolute atomic E-state index is 0.194. The van der Waals surface area contributed by atoms with Crippen LogP contribution in [-0.4, -0.2) is 18.6 Å². The van der Waals surface area contributed by atoms with Crippen LogP contribution in [-0.2, 0) is 16.9 Å². The Kier molecular flexibility index (Phi) is 3.87. The van der Waals surface area contributed by atoms with Crippen molar-refractivity contribution in [3.05, 3.63) is 40.2 Å². The van der Waals surface area contributed by atoms with Crippen molar-refractivity contribution in [2.75, 3.05) is 13.7 Å². The summed E-state index contributed by atoms with van der Waals surface area (Å²) in [5.74, 6) is 0. The molecule has 0 aliphatic carbocycles. The Labute approximate surface area is 124 Å². The van der Waals surface area contributed by atoms with E-state index in [1.165, 1.54) is 10.4 Å². The zero-order valence-electron chi connectivity index (χ0n) is 12.0. The van der Waals surface area contributed by atoms with E-state index < -0.39 is 0 Å². The average molecular weight is 288 g/mol. The van der Waals surface area contributed by atoms with Crippen LogP contribution < -0.4 is 5.32 Å². The minimum atomic E-state index is -0.194. The highest BCUT2D eigenvalue weighted by Crippen LogP contribution is 2.40. The number of ether oxygens (including phenoxy) is 1. The first-order valence-corrected chi connectivity index (χ1v) is 7.89. The van der Waals surface area contributed by atoms with Gasteiger partial charge in [-0.2, -0.15) is 0 Å². The van der Waals surface area contributed by atoms with Gasteiger partial charge >= 0.3 is 0 Å². The van der Waals surface area contributed by atoms with E-state index in [4.69, 9.17) is 9.72 Å². The van der Waals surface area contributed by atoms with E-state index in [0.29, 0.717) is 0 Å². The molecule has 106 valence electrons. The molecule has 1 atom stereocenters. The fourth-order valence-electron chi connectivity index (χ4n) is 2.63. The largest absolute Gasteiger partial charge is 0.368 e. The van der Waals surface area contributed by atoms with Crippen molar-refractivity contribution in [1.82, 2.24) is 10.3 Å². The van der Waals surface area contributed by atoms with E-state index in [9.17, 15) is 0 Å². The maximum atomic E-state index is 5.94. The van der Waals surface area contributed by atoms with Crippen molar-refractivity contribution < 1.29 is 4.74 Å². The number of benzene rings is 1. The normalized spacial score (nSPS) is 22.3. The smallest absolute Gasteiger partial charge is 0.125 e. The van der Waals surface area contributed by atoms with Crippen molar-refractivity contribution in [3.8, 4) is 11.3 Å².